The van der Waals surface area contributed by atoms with Gasteiger partial charge in [0.15, 0.2) is 0 Å². The number of fused-ring (bicyclic) bond motifs is 1. The van der Waals surface area contributed by atoms with Gasteiger partial charge in [-0.25, -0.2) is 13.5 Å². The van der Waals surface area contributed by atoms with E-state index in [1.807, 2.05) is 18.2 Å². The van der Waals surface area contributed by atoms with Gasteiger partial charge in [0.25, 0.3) is 0 Å². The van der Waals surface area contributed by atoms with Gasteiger partial charge in [-0.3, -0.25) is 10.0 Å². The second-order valence-corrected chi connectivity index (χ2v) is 8.90. The maximum atomic E-state index is 12.6. The van der Waals surface area contributed by atoms with Crippen LogP contribution in [0.2, 0.25) is 0 Å². The van der Waals surface area contributed by atoms with E-state index in [9.17, 15) is 18.4 Å². The Bertz CT molecular complexity index is 675. The summed E-state index contributed by atoms with van der Waals surface area (Å²) < 4.78 is 27.5. The highest BCUT2D eigenvalue weighted by molar-refractivity contribution is 9.10. The molecule has 1 aliphatic rings. The third kappa shape index (κ3) is 3.68. The molecular weight excluding hydrogens is 372 g/mol. The number of hydroxylamine groups is 2. The summed E-state index contributed by atoms with van der Waals surface area (Å²) in [5, 5.41) is 9.92. The lowest BCUT2D eigenvalue weighted by atomic mass is 10.0. The number of halogens is 1. The zero-order valence-corrected chi connectivity index (χ0v) is 14.9. The number of hydrogen-bond acceptors (Lipinski definition) is 4. The topological polar surface area (TPSA) is 77.9 Å². The average molecular weight is 391 g/mol. The Balaban J connectivity index is 2.20. The summed E-state index contributed by atoms with van der Waals surface area (Å²) in [6.07, 6.45) is 0.872. The molecule has 0 saturated heterocycles. The van der Waals surface area contributed by atoms with Crippen molar-refractivity contribution in [2.75, 3.05) is 12.3 Å². The molecule has 0 unspecified atom stereocenters. The highest BCUT2D eigenvalue weighted by Gasteiger charge is 2.36. The minimum Gasteiger partial charge on any atom is -0.286 e. The first-order valence-corrected chi connectivity index (χ1v) is 9.24. The molecule has 1 aromatic carbocycles. The number of carbonyl (C=O) groups is 1. The Morgan fingerprint density at radius 1 is 1.41 bits per heavy atom. The fourth-order valence-corrected chi connectivity index (χ4v) is 4.81. The molecule has 22 heavy (non-hydrogen) atoms. The van der Waals surface area contributed by atoms with Crippen molar-refractivity contribution in [1.82, 2.24) is 9.37 Å². The summed E-state index contributed by atoms with van der Waals surface area (Å²) in [6.45, 7) is 3.72. The predicted octanol–water partition coefficient (Wildman–Crippen LogP) is 1.76. The lowest BCUT2D eigenvalue weighted by Gasteiger charge is -2.34. The van der Waals surface area contributed by atoms with Crippen LogP contribution in [0.5, 0.6) is 0 Å². The molecule has 1 N–H and O–H groups in total. The molecule has 2 rings (SSSR count). The SMILES string of the molecule is CC(C)(CS(=O)(=O)N1CCc2ccc(Br)cc2C1)N(O)C=O. The Morgan fingerprint density at radius 2 is 2.09 bits per heavy atom. The van der Waals surface area contributed by atoms with Crippen LogP contribution in [0.15, 0.2) is 22.7 Å². The highest BCUT2D eigenvalue weighted by Crippen LogP contribution is 2.26. The molecule has 0 bridgehead atoms. The van der Waals surface area contributed by atoms with Crippen LogP contribution in [0, 0.1) is 0 Å². The van der Waals surface area contributed by atoms with E-state index in [1.54, 1.807) is 0 Å². The summed E-state index contributed by atoms with van der Waals surface area (Å²) in [5.41, 5.74) is 0.932. The van der Waals surface area contributed by atoms with Crippen molar-refractivity contribution >= 4 is 32.4 Å². The van der Waals surface area contributed by atoms with Gasteiger partial charge >= 0.3 is 0 Å². The molecule has 0 aromatic heterocycles. The molecular formula is C14H19BrN2O4S. The van der Waals surface area contributed by atoms with Gasteiger partial charge < -0.3 is 0 Å². The van der Waals surface area contributed by atoms with Crippen molar-refractivity contribution in [3.63, 3.8) is 0 Å². The van der Waals surface area contributed by atoms with Gasteiger partial charge in [-0.05, 0) is 43.5 Å². The van der Waals surface area contributed by atoms with E-state index in [2.05, 4.69) is 15.9 Å². The first-order valence-electron chi connectivity index (χ1n) is 6.84. The zero-order valence-electron chi connectivity index (χ0n) is 12.5. The van der Waals surface area contributed by atoms with Crippen molar-refractivity contribution in [2.45, 2.75) is 32.4 Å². The molecule has 8 heteroatoms. The first kappa shape index (κ1) is 17.4. The summed E-state index contributed by atoms with van der Waals surface area (Å²) in [6, 6.07) is 5.86. The van der Waals surface area contributed by atoms with Gasteiger partial charge in [0.1, 0.15) is 0 Å². The van der Waals surface area contributed by atoms with Gasteiger partial charge in [0, 0.05) is 17.6 Å². The molecule has 0 spiro atoms. The van der Waals surface area contributed by atoms with E-state index in [0.29, 0.717) is 24.6 Å². The zero-order chi connectivity index (χ0) is 16.5. The second kappa shape index (κ2) is 6.27. The number of benzene rings is 1. The molecule has 0 radical (unpaired) electrons. The smallest absolute Gasteiger partial charge is 0.233 e. The van der Waals surface area contributed by atoms with Crippen LogP contribution in [-0.2, 0) is 27.8 Å². The Labute approximate surface area is 138 Å². The van der Waals surface area contributed by atoms with Crippen LogP contribution < -0.4 is 0 Å². The van der Waals surface area contributed by atoms with Gasteiger partial charge in [-0.2, -0.15) is 4.31 Å². The Hall–Kier alpha value is -0.960. The normalized spacial score (nSPS) is 16.2. The number of rotatable bonds is 5. The largest absolute Gasteiger partial charge is 0.286 e. The average Bonchev–Trinajstić information content (AvgIpc) is 2.44. The monoisotopic (exact) mass is 390 g/mol. The van der Waals surface area contributed by atoms with Gasteiger partial charge in [-0.15, -0.1) is 0 Å². The predicted molar refractivity (Wildman–Crippen MR) is 85.8 cm³/mol. The molecule has 1 aliphatic heterocycles. The number of amides is 1. The van der Waals surface area contributed by atoms with Crippen LogP contribution in [0.3, 0.4) is 0 Å². The molecule has 0 aliphatic carbocycles. The molecule has 1 amide bonds. The van der Waals surface area contributed by atoms with Crippen molar-refractivity contribution in [1.29, 1.82) is 0 Å². The van der Waals surface area contributed by atoms with E-state index >= 15 is 0 Å². The molecule has 1 aromatic rings. The summed E-state index contributed by atoms with van der Waals surface area (Å²) in [7, 11) is -3.59. The van der Waals surface area contributed by atoms with Gasteiger partial charge in [0.05, 0.1) is 11.3 Å². The lowest BCUT2D eigenvalue weighted by Crippen LogP contribution is -2.50. The maximum absolute atomic E-state index is 12.6. The third-order valence-corrected chi connectivity index (χ3v) is 6.46. The molecule has 6 nitrogen and oxygen atoms in total. The second-order valence-electron chi connectivity index (χ2n) is 6.02. The van der Waals surface area contributed by atoms with Crippen LogP contribution in [-0.4, -0.2) is 47.2 Å². The van der Waals surface area contributed by atoms with E-state index < -0.39 is 15.6 Å². The standard InChI is InChI=1S/C14H19BrN2O4S/c1-14(2,17(19)10-18)9-22(20,21)16-6-5-11-3-4-13(15)7-12(11)8-16/h3-4,7,10,19H,5-6,8-9H2,1-2H3. The first-order chi connectivity index (χ1) is 10.2. The maximum Gasteiger partial charge on any atom is 0.233 e. The fraction of sp³-hybridized carbons (Fsp3) is 0.500. The Kier molecular flexibility index (Phi) is 4.96. The highest BCUT2D eigenvalue weighted by atomic mass is 79.9. The Morgan fingerprint density at radius 3 is 2.73 bits per heavy atom. The van der Waals surface area contributed by atoms with Crippen LogP contribution in [0.25, 0.3) is 0 Å². The van der Waals surface area contributed by atoms with Crippen molar-refractivity contribution in [3.8, 4) is 0 Å². The summed E-state index contributed by atoms with van der Waals surface area (Å²) in [5.74, 6) is -0.335. The van der Waals surface area contributed by atoms with E-state index in [1.165, 1.54) is 18.2 Å². The van der Waals surface area contributed by atoms with Crippen molar-refractivity contribution in [2.24, 2.45) is 0 Å². The van der Waals surface area contributed by atoms with E-state index in [0.717, 1.165) is 15.6 Å². The summed E-state index contributed by atoms with van der Waals surface area (Å²) in [4.78, 5) is 10.7. The minimum absolute atomic E-state index is 0.220. The van der Waals surface area contributed by atoms with E-state index in [-0.39, 0.29) is 12.2 Å². The van der Waals surface area contributed by atoms with Gasteiger partial charge in [0.2, 0.25) is 16.4 Å². The third-order valence-electron chi connectivity index (χ3n) is 3.79. The molecule has 0 saturated carbocycles. The number of carbonyl (C=O) groups excluding carboxylic acids is 1. The van der Waals surface area contributed by atoms with Crippen LogP contribution in [0.4, 0.5) is 0 Å². The molecule has 0 atom stereocenters. The number of nitrogens with zero attached hydrogens (tertiary/aromatic N) is 2. The molecule has 122 valence electrons. The lowest BCUT2D eigenvalue weighted by molar-refractivity contribution is -0.170. The summed E-state index contributed by atoms with van der Waals surface area (Å²) >= 11 is 3.39. The number of sulfonamides is 1. The fourth-order valence-electron chi connectivity index (χ4n) is 2.48. The molecule has 0 fully saturated rings. The number of hydrogen-bond donors (Lipinski definition) is 1. The van der Waals surface area contributed by atoms with Crippen molar-refractivity contribution in [3.05, 3.63) is 33.8 Å². The van der Waals surface area contributed by atoms with Crippen LogP contribution >= 0.6 is 15.9 Å². The van der Waals surface area contributed by atoms with Crippen LogP contribution in [0.1, 0.15) is 25.0 Å². The minimum atomic E-state index is -3.59. The van der Waals surface area contributed by atoms with Crippen molar-refractivity contribution < 1.29 is 18.4 Å². The van der Waals surface area contributed by atoms with Gasteiger partial charge in [-0.1, -0.05) is 22.0 Å². The van der Waals surface area contributed by atoms with E-state index in [4.69, 9.17) is 0 Å². The quantitative estimate of drug-likeness (QED) is 0.472. The molecule has 1 heterocycles.